The van der Waals surface area contributed by atoms with E-state index in [-0.39, 0.29) is 24.4 Å². The van der Waals surface area contributed by atoms with E-state index in [0.717, 1.165) is 28.7 Å². The molecular formula is C24H32N2O4S. The van der Waals surface area contributed by atoms with Crippen LogP contribution in [0.15, 0.2) is 42.5 Å². The Kier molecular flexibility index (Phi) is 6.37. The molecule has 1 aliphatic rings. The lowest BCUT2D eigenvalue weighted by atomic mass is 9.89. The van der Waals surface area contributed by atoms with Crippen molar-refractivity contribution in [2.45, 2.75) is 58.6 Å². The molecule has 2 aromatic carbocycles. The Balaban J connectivity index is 1.89. The normalized spacial score (nSPS) is 17.6. The van der Waals surface area contributed by atoms with Gasteiger partial charge in [0.15, 0.2) is 0 Å². The highest BCUT2D eigenvalue weighted by Gasteiger charge is 2.35. The second-order valence-corrected chi connectivity index (χ2v) is 11.1. The van der Waals surface area contributed by atoms with Crippen LogP contribution in [-0.4, -0.2) is 32.7 Å². The number of aryl methyl sites for hydroxylation is 1. The summed E-state index contributed by atoms with van der Waals surface area (Å²) in [7, 11) is -3.65. The molecule has 0 bridgehead atoms. The average Bonchev–Trinajstić information content (AvgIpc) is 2.65. The molecule has 1 heterocycles. The quantitative estimate of drug-likeness (QED) is 0.721. The molecule has 3 rings (SSSR count). The number of fused-ring (bicyclic) bond motifs is 1. The van der Waals surface area contributed by atoms with Crippen molar-refractivity contribution in [2.24, 2.45) is 0 Å². The fourth-order valence-electron chi connectivity index (χ4n) is 4.06. The number of nitrogens with one attached hydrogen (secondary N) is 1. The van der Waals surface area contributed by atoms with Gasteiger partial charge < -0.3 is 10.1 Å². The predicted molar refractivity (Wildman–Crippen MR) is 124 cm³/mol. The van der Waals surface area contributed by atoms with E-state index in [1.165, 1.54) is 4.31 Å². The minimum Gasteiger partial charge on any atom is -0.487 e. The van der Waals surface area contributed by atoms with Crippen LogP contribution in [0, 0.1) is 6.92 Å². The molecular weight excluding hydrogens is 412 g/mol. The molecule has 1 atom stereocenters. The lowest BCUT2D eigenvalue weighted by Gasteiger charge is -2.38. The molecule has 0 unspecified atom stereocenters. The summed E-state index contributed by atoms with van der Waals surface area (Å²) < 4.78 is 32.5. The van der Waals surface area contributed by atoms with E-state index >= 15 is 0 Å². The first kappa shape index (κ1) is 23.1. The number of para-hydroxylation sites is 1. The zero-order valence-electron chi connectivity index (χ0n) is 19.1. The SMILES string of the molecule is Cc1ccc2c(c1)[C@H](NC(=O)CN(c1ccccc1C(C)C)S(C)(=O)=O)CC(C)(C)O2. The minimum atomic E-state index is -3.65. The summed E-state index contributed by atoms with van der Waals surface area (Å²) in [5, 5.41) is 3.05. The lowest BCUT2D eigenvalue weighted by Crippen LogP contribution is -2.45. The van der Waals surface area contributed by atoms with Crippen molar-refractivity contribution in [3.05, 3.63) is 59.2 Å². The number of rotatable bonds is 6. The van der Waals surface area contributed by atoms with Crippen LogP contribution in [0.5, 0.6) is 5.75 Å². The Hall–Kier alpha value is -2.54. The topological polar surface area (TPSA) is 75.7 Å². The van der Waals surface area contributed by atoms with Gasteiger partial charge in [-0.2, -0.15) is 0 Å². The predicted octanol–water partition coefficient (Wildman–Crippen LogP) is 4.30. The Bertz CT molecular complexity index is 1080. The standard InChI is InChI=1S/C24H32N2O4S/c1-16(2)18-9-7-8-10-21(18)26(31(6,28)29)15-23(27)25-20-14-24(4,5)30-22-12-11-17(3)13-19(20)22/h7-13,16,20H,14-15H2,1-6H3,(H,25,27)/t20-/m1/s1. The fraction of sp³-hybridized carbons (Fsp3) is 0.458. The molecule has 31 heavy (non-hydrogen) atoms. The first-order valence-electron chi connectivity index (χ1n) is 10.5. The molecule has 0 aromatic heterocycles. The Morgan fingerprint density at radius 3 is 2.55 bits per heavy atom. The summed E-state index contributed by atoms with van der Waals surface area (Å²) in [5.41, 5.74) is 2.97. The third-order valence-electron chi connectivity index (χ3n) is 5.47. The van der Waals surface area contributed by atoms with Crippen molar-refractivity contribution in [2.75, 3.05) is 17.1 Å². The van der Waals surface area contributed by atoms with E-state index in [0.29, 0.717) is 12.1 Å². The first-order chi connectivity index (χ1) is 14.4. The van der Waals surface area contributed by atoms with Gasteiger partial charge >= 0.3 is 0 Å². The van der Waals surface area contributed by atoms with Crippen molar-refractivity contribution in [3.63, 3.8) is 0 Å². The molecule has 0 spiro atoms. The monoisotopic (exact) mass is 444 g/mol. The van der Waals surface area contributed by atoms with Gasteiger partial charge in [0.05, 0.1) is 18.0 Å². The van der Waals surface area contributed by atoms with Crippen molar-refractivity contribution in [3.8, 4) is 5.75 Å². The van der Waals surface area contributed by atoms with Gasteiger partial charge in [-0.1, -0.05) is 49.7 Å². The van der Waals surface area contributed by atoms with E-state index in [1.807, 2.05) is 65.0 Å². The van der Waals surface area contributed by atoms with Crippen LogP contribution < -0.4 is 14.4 Å². The zero-order chi connectivity index (χ0) is 23.0. The Morgan fingerprint density at radius 1 is 1.23 bits per heavy atom. The number of anilines is 1. The van der Waals surface area contributed by atoms with E-state index < -0.39 is 15.6 Å². The fourth-order valence-corrected chi connectivity index (χ4v) is 4.93. The molecule has 0 saturated carbocycles. The van der Waals surface area contributed by atoms with Gasteiger partial charge in [0.2, 0.25) is 15.9 Å². The number of amides is 1. The summed E-state index contributed by atoms with van der Waals surface area (Å²) in [5.74, 6) is 0.520. The maximum atomic E-state index is 13.1. The summed E-state index contributed by atoms with van der Waals surface area (Å²) >= 11 is 0. The van der Waals surface area contributed by atoms with E-state index in [9.17, 15) is 13.2 Å². The smallest absolute Gasteiger partial charge is 0.241 e. The molecule has 1 aliphatic heterocycles. The zero-order valence-corrected chi connectivity index (χ0v) is 19.9. The molecule has 2 aromatic rings. The molecule has 6 nitrogen and oxygen atoms in total. The van der Waals surface area contributed by atoms with Gasteiger partial charge in [-0.3, -0.25) is 9.10 Å². The van der Waals surface area contributed by atoms with Crippen molar-refractivity contribution in [1.82, 2.24) is 5.32 Å². The highest BCUT2D eigenvalue weighted by Crippen LogP contribution is 2.40. The largest absolute Gasteiger partial charge is 0.487 e. The minimum absolute atomic E-state index is 0.120. The van der Waals surface area contributed by atoms with Crippen LogP contribution in [0.25, 0.3) is 0 Å². The summed E-state index contributed by atoms with van der Waals surface area (Å²) in [6.07, 6.45) is 1.73. The van der Waals surface area contributed by atoms with Crippen LogP contribution in [0.3, 0.4) is 0 Å². The first-order valence-corrected chi connectivity index (χ1v) is 12.4. The molecule has 1 amide bonds. The second-order valence-electron chi connectivity index (χ2n) is 9.21. The lowest BCUT2D eigenvalue weighted by molar-refractivity contribution is -0.120. The Morgan fingerprint density at radius 2 is 1.90 bits per heavy atom. The Labute approximate surface area is 185 Å². The highest BCUT2D eigenvalue weighted by molar-refractivity contribution is 7.92. The molecule has 0 aliphatic carbocycles. The maximum Gasteiger partial charge on any atom is 0.241 e. The van der Waals surface area contributed by atoms with E-state index in [2.05, 4.69) is 5.32 Å². The van der Waals surface area contributed by atoms with Gasteiger partial charge in [0.1, 0.15) is 17.9 Å². The van der Waals surface area contributed by atoms with E-state index in [4.69, 9.17) is 4.74 Å². The summed E-state index contributed by atoms with van der Waals surface area (Å²) in [6, 6.07) is 13.0. The number of hydrogen-bond donors (Lipinski definition) is 1. The van der Waals surface area contributed by atoms with Crippen LogP contribution >= 0.6 is 0 Å². The van der Waals surface area contributed by atoms with Crippen LogP contribution in [-0.2, 0) is 14.8 Å². The number of carbonyl (C=O) groups excluding carboxylic acids is 1. The van der Waals surface area contributed by atoms with Gasteiger partial charge in [0.25, 0.3) is 0 Å². The molecule has 0 fully saturated rings. The van der Waals surface area contributed by atoms with Gasteiger partial charge in [-0.05, 0) is 44.4 Å². The second kappa shape index (κ2) is 8.54. The molecule has 0 radical (unpaired) electrons. The van der Waals surface area contributed by atoms with Crippen molar-refractivity contribution in [1.29, 1.82) is 0 Å². The van der Waals surface area contributed by atoms with Crippen LogP contribution in [0.2, 0.25) is 0 Å². The molecule has 1 N–H and O–H groups in total. The number of hydrogen-bond acceptors (Lipinski definition) is 4. The average molecular weight is 445 g/mol. The molecule has 0 saturated heterocycles. The maximum absolute atomic E-state index is 13.1. The third kappa shape index (κ3) is 5.39. The summed E-state index contributed by atoms with van der Waals surface area (Å²) in [6.45, 7) is 9.69. The van der Waals surface area contributed by atoms with Gasteiger partial charge in [0, 0.05) is 12.0 Å². The van der Waals surface area contributed by atoms with Gasteiger partial charge in [-0.15, -0.1) is 0 Å². The molecule has 168 valence electrons. The highest BCUT2D eigenvalue weighted by atomic mass is 32.2. The molecule has 7 heteroatoms. The summed E-state index contributed by atoms with van der Waals surface area (Å²) in [4.78, 5) is 13.1. The van der Waals surface area contributed by atoms with Crippen LogP contribution in [0.4, 0.5) is 5.69 Å². The number of carbonyl (C=O) groups is 1. The van der Waals surface area contributed by atoms with Crippen molar-refractivity contribution >= 4 is 21.6 Å². The number of sulfonamides is 1. The number of ether oxygens (including phenoxy) is 1. The van der Waals surface area contributed by atoms with Crippen LogP contribution in [0.1, 0.15) is 62.8 Å². The van der Waals surface area contributed by atoms with Crippen molar-refractivity contribution < 1.29 is 17.9 Å². The number of nitrogens with zero attached hydrogens (tertiary/aromatic N) is 1. The number of benzene rings is 2. The van der Waals surface area contributed by atoms with E-state index in [1.54, 1.807) is 12.1 Å². The van der Waals surface area contributed by atoms with Gasteiger partial charge in [-0.25, -0.2) is 8.42 Å². The third-order valence-corrected chi connectivity index (χ3v) is 6.60.